The Bertz CT molecular complexity index is 1740. The quantitative estimate of drug-likeness (QED) is 0.0378. The Morgan fingerprint density at radius 1 is 0.948 bits per heavy atom. The van der Waals surface area contributed by atoms with Gasteiger partial charge in [0.25, 0.3) is 0 Å². The molecule has 1 fully saturated rings. The van der Waals surface area contributed by atoms with Gasteiger partial charge in [0, 0.05) is 6.61 Å². The Labute approximate surface area is 343 Å². The fourth-order valence-corrected chi connectivity index (χ4v) is 8.05. The summed E-state index contributed by atoms with van der Waals surface area (Å²) in [5, 5.41) is 35.5. The number of aliphatic hydroxyl groups is 2. The molecular weight excluding hydrogens is 765 g/mol. The number of aromatic nitrogens is 3. The molecule has 0 radical (unpaired) electrons. The van der Waals surface area contributed by atoms with Gasteiger partial charge in [-0.15, -0.1) is 0 Å². The van der Waals surface area contributed by atoms with Crippen molar-refractivity contribution in [2.75, 3.05) is 39.3 Å². The van der Waals surface area contributed by atoms with Gasteiger partial charge in [0.1, 0.15) is 47.6 Å². The van der Waals surface area contributed by atoms with E-state index < -0.39 is 44.4 Å². The molecule has 0 aliphatic carbocycles. The number of nitrogens with two attached hydrogens (primary N) is 1. The van der Waals surface area contributed by atoms with Crippen molar-refractivity contribution in [1.29, 1.82) is 5.26 Å². The van der Waals surface area contributed by atoms with Gasteiger partial charge >= 0.3 is 7.82 Å². The second-order valence-electron chi connectivity index (χ2n) is 15.4. The molecule has 6 atom stereocenters. The molecule has 0 saturated carbocycles. The van der Waals surface area contributed by atoms with Gasteiger partial charge in [0.05, 0.1) is 50.9 Å². The van der Waals surface area contributed by atoms with E-state index in [1.165, 1.54) is 101 Å². The Morgan fingerprint density at radius 2 is 1.59 bits per heavy atom. The van der Waals surface area contributed by atoms with Crippen molar-refractivity contribution in [3.05, 3.63) is 53.5 Å². The number of nitriles is 1. The number of methoxy groups -OCH3 is 1. The summed E-state index contributed by atoms with van der Waals surface area (Å²) in [6.07, 6.45) is 16.8. The number of ether oxygens (including phenoxy) is 4. The van der Waals surface area contributed by atoms with Gasteiger partial charge in [-0.1, -0.05) is 103 Å². The highest BCUT2D eigenvalue weighted by Crippen LogP contribution is 2.46. The van der Waals surface area contributed by atoms with Crippen molar-refractivity contribution < 1.29 is 47.7 Å². The molecule has 1 aliphatic rings. The monoisotopic (exact) mass is 831 g/mol. The van der Waals surface area contributed by atoms with Gasteiger partial charge in [-0.25, -0.2) is 14.1 Å². The lowest BCUT2D eigenvalue weighted by Gasteiger charge is -2.27. The summed E-state index contributed by atoms with van der Waals surface area (Å²) in [4.78, 5) is 14.6. The van der Waals surface area contributed by atoms with E-state index in [1.807, 2.05) is 0 Å². The van der Waals surface area contributed by atoms with Crippen LogP contribution in [0.4, 0.5) is 5.82 Å². The van der Waals surface area contributed by atoms with Crippen LogP contribution in [0.5, 0.6) is 5.75 Å². The summed E-state index contributed by atoms with van der Waals surface area (Å²) in [6.45, 7) is 3.55. The summed E-state index contributed by atoms with van der Waals surface area (Å²) < 4.78 is 48.5. The Kier molecular flexibility index (Phi) is 20.3. The van der Waals surface area contributed by atoms with Crippen LogP contribution in [0.2, 0.25) is 0 Å². The predicted octanol–water partition coefficient (Wildman–Crippen LogP) is 7.52. The van der Waals surface area contributed by atoms with Crippen LogP contribution in [0.15, 0.2) is 36.7 Å². The molecule has 1 saturated heterocycles. The van der Waals surface area contributed by atoms with E-state index in [0.717, 1.165) is 19.3 Å². The van der Waals surface area contributed by atoms with E-state index in [1.54, 1.807) is 37.3 Å². The van der Waals surface area contributed by atoms with Crippen molar-refractivity contribution in [2.24, 2.45) is 0 Å². The number of anilines is 1. The highest BCUT2D eigenvalue weighted by Gasteiger charge is 2.54. The number of aliphatic hydroxyl groups excluding tert-OH is 2. The third-order valence-electron chi connectivity index (χ3n) is 10.7. The van der Waals surface area contributed by atoms with Gasteiger partial charge in [-0.2, -0.15) is 10.4 Å². The highest BCUT2D eigenvalue weighted by molar-refractivity contribution is 7.47. The predicted molar refractivity (Wildman–Crippen MR) is 220 cm³/mol. The van der Waals surface area contributed by atoms with Crippen LogP contribution in [-0.4, -0.2) is 87.7 Å². The van der Waals surface area contributed by atoms with Crippen LogP contribution in [0.1, 0.15) is 133 Å². The fraction of sp³-hybridized carbons (Fsp3) is 0.690. The Morgan fingerprint density at radius 3 is 2.21 bits per heavy atom. The van der Waals surface area contributed by atoms with Crippen molar-refractivity contribution in [2.45, 2.75) is 153 Å². The average Bonchev–Trinajstić information content (AvgIpc) is 3.76. The lowest BCUT2D eigenvalue weighted by atomic mass is 9.93. The van der Waals surface area contributed by atoms with Gasteiger partial charge < -0.3 is 39.8 Å². The molecular formula is C42H66N5O10P. The second kappa shape index (κ2) is 24.8. The minimum atomic E-state index is -4.71. The Balaban J connectivity index is 1.20. The van der Waals surface area contributed by atoms with Crippen molar-refractivity contribution >= 4 is 19.2 Å². The summed E-state index contributed by atoms with van der Waals surface area (Å²) >= 11 is 0. The van der Waals surface area contributed by atoms with E-state index >= 15 is 0 Å². The van der Waals surface area contributed by atoms with Gasteiger partial charge in [0.2, 0.25) is 0 Å². The molecule has 1 aliphatic heterocycles. The van der Waals surface area contributed by atoms with Crippen LogP contribution >= 0.6 is 7.82 Å². The van der Waals surface area contributed by atoms with E-state index in [4.69, 9.17) is 33.7 Å². The van der Waals surface area contributed by atoms with Crippen LogP contribution in [0.3, 0.4) is 0 Å². The number of rotatable bonds is 30. The first kappa shape index (κ1) is 47.5. The number of nitrogens with zero attached hydrogens (tertiary/aromatic N) is 4. The molecule has 4 rings (SSSR count). The number of benzene rings is 1. The molecule has 16 heteroatoms. The lowest BCUT2D eigenvalue weighted by molar-refractivity contribution is -0.0901. The summed E-state index contributed by atoms with van der Waals surface area (Å²) in [7, 11) is -3.20. The molecule has 1 unspecified atom stereocenters. The number of phosphoric ester groups is 1. The van der Waals surface area contributed by atoms with Crippen LogP contribution in [0, 0.1) is 11.3 Å². The Hall–Kier alpha value is -3.16. The van der Waals surface area contributed by atoms with Gasteiger partial charge in [-0.05, 0) is 49.2 Å². The maximum atomic E-state index is 13.1. The zero-order valence-corrected chi connectivity index (χ0v) is 35.5. The largest absolute Gasteiger partial charge is 0.497 e. The van der Waals surface area contributed by atoms with E-state index in [-0.39, 0.29) is 25.6 Å². The molecule has 0 bridgehead atoms. The van der Waals surface area contributed by atoms with Crippen LogP contribution in [-0.2, 0) is 40.0 Å². The van der Waals surface area contributed by atoms with Crippen molar-refractivity contribution in [1.82, 2.24) is 14.6 Å². The average molecular weight is 832 g/mol. The smallest absolute Gasteiger partial charge is 0.472 e. The first-order valence-corrected chi connectivity index (χ1v) is 22.5. The zero-order chi connectivity index (χ0) is 41.8. The molecule has 324 valence electrons. The van der Waals surface area contributed by atoms with Crippen molar-refractivity contribution in [3.63, 3.8) is 0 Å². The van der Waals surface area contributed by atoms with Crippen molar-refractivity contribution in [3.8, 4) is 11.8 Å². The van der Waals surface area contributed by atoms with E-state index in [9.17, 15) is 24.9 Å². The lowest BCUT2D eigenvalue weighted by Crippen LogP contribution is -2.39. The molecule has 1 aromatic carbocycles. The fourth-order valence-electron chi connectivity index (χ4n) is 7.29. The summed E-state index contributed by atoms with van der Waals surface area (Å²) in [6, 6.07) is 10.4. The number of unbranched alkanes of at least 4 members (excludes halogenated alkanes) is 15. The minimum absolute atomic E-state index is 0.0580. The number of nitrogen functional groups attached to an aromatic ring is 1. The maximum Gasteiger partial charge on any atom is 0.472 e. The molecule has 15 nitrogen and oxygen atoms in total. The van der Waals surface area contributed by atoms with E-state index in [2.05, 4.69) is 23.1 Å². The standard InChI is InChI=1S/C42H66N5O10P/c1-4-5-6-7-8-9-10-11-12-13-14-15-16-17-18-19-22-53-28-35(54-27-33-23-32(26-43)24-34(25-33)52-3)29-55-58(50,51)56-30-37-39(48)40(49)42(2,57-37)38-21-20-36-41(44)45-31-46-47(36)38/h20-21,23-25,31,35,37,39-40,48-49H,4-19,22,27-30H2,1-3H3,(H,50,51)(H2,44,45,46)/t35-,37-,39-,40-,42+/m1/s1. The summed E-state index contributed by atoms with van der Waals surface area (Å²) in [5.41, 5.74) is 6.44. The first-order chi connectivity index (χ1) is 28.0. The number of phosphoric acid groups is 1. The van der Waals surface area contributed by atoms with E-state index in [0.29, 0.717) is 34.7 Å². The molecule has 3 heterocycles. The normalized spacial score (nSPS) is 20.9. The number of hydrogen-bond acceptors (Lipinski definition) is 13. The third-order valence-corrected chi connectivity index (χ3v) is 11.7. The van der Waals surface area contributed by atoms with Gasteiger partial charge in [-0.3, -0.25) is 9.05 Å². The first-order valence-electron chi connectivity index (χ1n) is 21.0. The topological polar surface area (TPSA) is 213 Å². The maximum absolute atomic E-state index is 13.1. The molecule has 2 aromatic heterocycles. The molecule has 58 heavy (non-hydrogen) atoms. The SMILES string of the molecule is CCCCCCCCCCCCCCCCCCOC[C@H](COP(=O)(O)OC[C@H]1O[C@@](C)(c2ccc3c(N)ncnn23)[C@H](O)[C@@H]1O)OCc1cc(C#N)cc(OC)c1. The molecule has 3 aromatic rings. The molecule has 5 N–H and O–H groups in total. The molecule has 0 amide bonds. The third kappa shape index (κ3) is 14.8. The van der Waals surface area contributed by atoms with Crippen LogP contribution in [0.25, 0.3) is 5.52 Å². The molecule has 0 spiro atoms. The second-order valence-corrected chi connectivity index (χ2v) is 16.9. The number of hydrogen-bond donors (Lipinski definition) is 4. The minimum Gasteiger partial charge on any atom is -0.497 e. The highest BCUT2D eigenvalue weighted by atomic mass is 31.2. The van der Waals surface area contributed by atoms with Gasteiger partial charge in [0.15, 0.2) is 5.82 Å². The van der Waals surface area contributed by atoms with Crippen LogP contribution < -0.4 is 10.5 Å². The summed E-state index contributed by atoms with van der Waals surface area (Å²) in [5.74, 6) is 0.720. The zero-order valence-electron chi connectivity index (χ0n) is 34.6. The number of fused-ring (bicyclic) bond motifs is 1.